The summed E-state index contributed by atoms with van der Waals surface area (Å²) in [6, 6.07) is 6.72. The van der Waals surface area contributed by atoms with Crippen LogP contribution in [0.15, 0.2) is 41.7 Å². The number of aromatic nitrogens is 3. The Labute approximate surface area is 174 Å². The number of anilines is 1. The van der Waals surface area contributed by atoms with Gasteiger partial charge in [-0.1, -0.05) is 0 Å². The average molecular weight is 427 g/mol. The molecule has 30 heavy (non-hydrogen) atoms. The first-order valence-electron chi connectivity index (χ1n) is 9.82. The lowest BCUT2D eigenvalue weighted by Gasteiger charge is -2.41. The number of primary sulfonamides is 1. The van der Waals surface area contributed by atoms with Crippen molar-refractivity contribution in [3.8, 4) is 0 Å². The minimum atomic E-state index is -3.81. The molecule has 156 valence electrons. The highest BCUT2D eigenvalue weighted by Gasteiger charge is 2.43. The predicted molar refractivity (Wildman–Crippen MR) is 112 cm³/mol. The summed E-state index contributed by atoms with van der Waals surface area (Å²) in [6.45, 7) is 3.06. The number of piperazine rings is 1. The quantitative estimate of drug-likeness (QED) is 0.652. The summed E-state index contributed by atoms with van der Waals surface area (Å²) in [4.78, 5) is 29.4. The molecule has 0 spiro atoms. The molecule has 10 heteroatoms. The largest absolute Gasteiger partial charge is 0.352 e. The van der Waals surface area contributed by atoms with Gasteiger partial charge < -0.3 is 14.8 Å². The first-order chi connectivity index (χ1) is 14.3. The second-order valence-corrected chi connectivity index (χ2v) is 9.49. The molecule has 2 bridgehead atoms. The summed E-state index contributed by atoms with van der Waals surface area (Å²) in [5.41, 5.74) is 1.77. The molecule has 0 aliphatic carbocycles. The van der Waals surface area contributed by atoms with Gasteiger partial charge >= 0.3 is 0 Å². The molecule has 4 heterocycles. The van der Waals surface area contributed by atoms with Crippen LogP contribution in [0, 0.1) is 6.92 Å². The van der Waals surface area contributed by atoms with Gasteiger partial charge in [-0.15, -0.1) is 0 Å². The van der Waals surface area contributed by atoms with Crippen LogP contribution >= 0.6 is 0 Å². The fourth-order valence-corrected chi connectivity index (χ4v) is 5.53. The van der Waals surface area contributed by atoms with Gasteiger partial charge in [-0.25, -0.2) is 23.5 Å². The fourth-order valence-electron chi connectivity index (χ4n) is 4.77. The zero-order valence-electron chi connectivity index (χ0n) is 16.4. The zero-order chi connectivity index (χ0) is 21.0. The Bertz CT molecular complexity index is 1240. The van der Waals surface area contributed by atoms with Gasteiger partial charge in [-0.3, -0.25) is 4.79 Å². The number of benzene rings is 1. The number of carbonyl (C=O) groups is 1. The maximum absolute atomic E-state index is 13.3. The molecule has 2 aliphatic heterocycles. The van der Waals surface area contributed by atoms with E-state index in [0.717, 1.165) is 29.7 Å². The fraction of sp³-hybridized carbons (Fsp3) is 0.350. The lowest BCUT2D eigenvalue weighted by atomic mass is 10.1. The van der Waals surface area contributed by atoms with Gasteiger partial charge in [0.1, 0.15) is 17.8 Å². The number of aryl methyl sites for hydroxylation is 1. The van der Waals surface area contributed by atoms with Crippen molar-refractivity contribution in [3.63, 3.8) is 0 Å². The van der Waals surface area contributed by atoms with E-state index < -0.39 is 10.0 Å². The van der Waals surface area contributed by atoms with Crippen LogP contribution in [0.2, 0.25) is 0 Å². The number of aromatic amines is 1. The molecule has 2 aliphatic rings. The maximum Gasteiger partial charge on any atom is 0.254 e. The van der Waals surface area contributed by atoms with Crippen LogP contribution in [0.5, 0.6) is 0 Å². The van der Waals surface area contributed by atoms with Crippen molar-refractivity contribution in [2.45, 2.75) is 36.7 Å². The van der Waals surface area contributed by atoms with Gasteiger partial charge in [-0.2, -0.15) is 0 Å². The molecule has 2 fully saturated rings. The molecule has 5 rings (SSSR count). The van der Waals surface area contributed by atoms with Crippen molar-refractivity contribution < 1.29 is 13.2 Å². The van der Waals surface area contributed by atoms with Gasteiger partial charge in [0, 0.05) is 24.8 Å². The number of fused-ring (bicyclic) bond motifs is 3. The Kier molecular flexibility index (Phi) is 4.30. The third-order valence-corrected chi connectivity index (χ3v) is 7.15. The number of nitrogens with one attached hydrogen (secondary N) is 1. The SMILES string of the molecule is Cc1cc(C(=O)N2C3CCC2CN(c2ncnc4[nH]ccc24)C3)ccc1S(N)(=O)=O. The van der Waals surface area contributed by atoms with Crippen molar-refractivity contribution in [3.05, 3.63) is 47.9 Å². The predicted octanol–water partition coefficient (Wildman–Crippen LogP) is 1.41. The number of hydrogen-bond donors (Lipinski definition) is 2. The van der Waals surface area contributed by atoms with E-state index >= 15 is 0 Å². The van der Waals surface area contributed by atoms with E-state index in [-0.39, 0.29) is 22.9 Å². The van der Waals surface area contributed by atoms with Crippen molar-refractivity contribution >= 4 is 32.8 Å². The highest BCUT2D eigenvalue weighted by Crippen LogP contribution is 2.35. The summed E-state index contributed by atoms with van der Waals surface area (Å²) in [7, 11) is -3.81. The molecule has 2 saturated heterocycles. The van der Waals surface area contributed by atoms with Crippen LogP contribution in [0.4, 0.5) is 5.82 Å². The first kappa shape index (κ1) is 19.0. The van der Waals surface area contributed by atoms with Gasteiger partial charge in [-0.05, 0) is 49.6 Å². The second-order valence-electron chi connectivity index (χ2n) is 7.96. The standard InChI is InChI=1S/C20H22N6O3S/c1-12-8-13(2-5-17(12)30(21,28)29)20(27)26-14-3-4-15(26)10-25(9-14)19-16-6-7-22-18(16)23-11-24-19/h2,5-8,11,14-15H,3-4,9-10H2,1H3,(H2,21,28,29)(H,22,23,24). The topological polar surface area (TPSA) is 125 Å². The minimum absolute atomic E-state index is 0.0473. The Morgan fingerprint density at radius 1 is 1.17 bits per heavy atom. The number of nitrogens with two attached hydrogens (primary N) is 1. The molecule has 1 aromatic carbocycles. The number of carbonyl (C=O) groups excluding carboxylic acids is 1. The summed E-state index contributed by atoms with van der Waals surface area (Å²) < 4.78 is 23.3. The zero-order valence-corrected chi connectivity index (χ0v) is 17.3. The molecule has 2 atom stereocenters. The van der Waals surface area contributed by atoms with Crippen LogP contribution in [0.3, 0.4) is 0 Å². The summed E-state index contributed by atoms with van der Waals surface area (Å²) in [5, 5.41) is 6.22. The van der Waals surface area contributed by atoms with Crippen molar-refractivity contribution in [1.82, 2.24) is 19.9 Å². The molecule has 0 radical (unpaired) electrons. The Morgan fingerprint density at radius 2 is 1.90 bits per heavy atom. The summed E-state index contributed by atoms with van der Waals surface area (Å²) in [5.74, 6) is 0.819. The molecule has 2 unspecified atom stereocenters. The third kappa shape index (κ3) is 3.03. The third-order valence-electron chi connectivity index (χ3n) is 6.08. The number of nitrogens with zero attached hydrogens (tertiary/aromatic N) is 4. The lowest BCUT2D eigenvalue weighted by Crippen LogP contribution is -2.56. The highest BCUT2D eigenvalue weighted by atomic mass is 32.2. The summed E-state index contributed by atoms with van der Waals surface area (Å²) in [6.07, 6.45) is 5.28. The second kappa shape index (κ2) is 6.78. The van der Waals surface area contributed by atoms with Gasteiger partial charge in [0.05, 0.1) is 22.4 Å². The van der Waals surface area contributed by atoms with Crippen LogP contribution in [-0.2, 0) is 10.0 Å². The number of amides is 1. The minimum Gasteiger partial charge on any atom is -0.352 e. The number of rotatable bonds is 3. The van der Waals surface area contributed by atoms with Gasteiger partial charge in [0.2, 0.25) is 10.0 Å². The molecular weight excluding hydrogens is 404 g/mol. The number of sulfonamides is 1. The number of H-pyrrole nitrogens is 1. The smallest absolute Gasteiger partial charge is 0.254 e. The Morgan fingerprint density at radius 3 is 2.57 bits per heavy atom. The molecular formula is C20H22N6O3S. The normalized spacial score (nSPS) is 21.4. The number of hydrogen-bond acceptors (Lipinski definition) is 6. The lowest BCUT2D eigenvalue weighted by molar-refractivity contribution is 0.0641. The van der Waals surface area contributed by atoms with Crippen molar-refractivity contribution in [2.24, 2.45) is 5.14 Å². The molecule has 3 N–H and O–H groups in total. The Balaban J connectivity index is 1.41. The molecule has 0 saturated carbocycles. The van der Waals surface area contributed by atoms with E-state index in [1.165, 1.54) is 6.07 Å². The Hall–Kier alpha value is -2.98. The van der Waals surface area contributed by atoms with E-state index in [9.17, 15) is 13.2 Å². The maximum atomic E-state index is 13.3. The highest BCUT2D eigenvalue weighted by molar-refractivity contribution is 7.89. The monoisotopic (exact) mass is 426 g/mol. The van der Waals surface area contributed by atoms with E-state index in [1.54, 1.807) is 25.4 Å². The van der Waals surface area contributed by atoms with Crippen LogP contribution < -0.4 is 10.0 Å². The van der Waals surface area contributed by atoms with Crippen LogP contribution in [0.25, 0.3) is 11.0 Å². The first-order valence-corrected chi connectivity index (χ1v) is 11.4. The van der Waals surface area contributed by atoms with Gasteiger partial charge in [0.15, 0.2) is 0 Å². The average Bonchev–Trinajstić information content (AvgIpc) is 3.28. The van der Waals surface area contributed by atoms with Crippen LogP contribution in [0.1, 0.15) is 28.8 Å². The van der Waals surface area contributed by atoms with Crippen molar-refractivity contribution in [2.75, 3.05) is 18.0 Å². The molecule has 3 aromatic rings. The van der Waals surface area contributed by atoms with Crippen LogP contribution in [-0.4, -0.2) is 59.4 Å². The van der Waals surface area contributed by atoms with E-state index in [2.05, 4.69) is 19.9 Å². The summed E-state index contributed by atoms with van der Waals surface area (Å²) >= 11 is 0. The molecule has 2 aromatic heterocycles. The van der Waals surface area contributed by atoms with Crippen molar-refractivity contribution in [1.29, 1.82) is 0 Å². The van der Waals surface area contributed by atoms with Gasteiger partial charge in [0.25, 0.3) is 5.91 Å². The molecule has 1 amide bonds. The van der Waals surface area contributed by atoms with E-state index in [0.29, 0.717) is 24.2 Å². The van der Waals surface area contributed by atoms with E-state index in [4.69, 9.17) is 5.14 Å². The molecule has 9 nitrogen and oxygen atoms in total. The van der Waals surface area contributed by atoms with E-state index in [1.807, 2.05) is 17.2 Å².